The number of halogens is 2. The SMILES string of the molecule is Cc1ccc(S(=O)(=O)N(c2cccc([N+](=O)[O-])c2)C(F)F)cc1. The highest BCUT2D eigenvalue weighted by atomic mass is 32.2. The van der Waals surface area contributed by atoms with Crippen LogP contribution in [0.1, 0.15) is 5.56 Å². The van der Waals surface area contributed by atoms with Crippen LogP contribution in [0.3, 0.4) is 0 Å². The van der Waals surface area contributed by atoms with E-state index in [4.69, 9.17) is 0 Å². The molecule has 0 spiro atoms. The quantitative estimate of drug-likeness (QED) is 0.474. The lowest BCUT2D eigenvalue weighted by Gasteiger charge is -2.23. The Morgan fingerprint density at radius 2 is 1.74 bits per heavy atom. The van der Waals surface area contributed by atoms with E-state index in [-0.39, 0.29) is 9.20 Å². The molecule has 2 rings (SSSR count). The van der Waals surface area contributed by atoms with Crippen molar-refractivity contribution >= 4 is 21.4 Å². The summed E-state index contributed by atoms with van der Waals surface area (Å²) in [6, 6.07) is 9.46. The van der Waals surface area contributed by atoms with Crippen molar-refractivity contribution in [3.63, 3.8) is 0 Å². The van der Waals surface area contributed by atoms with Gasteiger partial charge in [-0.05, 0) is 25.1 Å². The fourth-order valence-electron chi connectivity index (χ4n) is 1.92. The fourth-order valence-corrected chi connectivity index (χ4v) is 3.23. The average molecular weight is 342 g/mol. The molecule has 2 aromatic rings. The molecule has 6 nitrogen and oxygen atoms in total. The number of hydrogen-bond donors (Lipinski definition) is 0. The molecule has 0 fully saturated rings. The van der Waals surface area contributed by atoms with Crippen molar-refractivity contribution in [1.29, 1.82) is 0 Å². The second-order valence-electron chi connectivity index (χ2n) is 4.67. The second kappa shape index (κ2) is 6.29. The van der Waals surface area contributed by atoms with E-state index in [0.29, 0.717) is 0 Å². The molecule has 0 bridgehead atoms. The highest BCUT2D eigenvalue weighted by Crippen LogP contribution is 2.29. The van der Waals surface area contributed by atoms with Crippen LogP contribution in [0.25, 0.3) is 0 Å². The zero-order valence-electron chi connectivity index (χ0n) is 11.9. The summed E-state index contributed by atoms with van der Waals surface area (Å²) in [5.74, 6) is 0. The number of non-ortho nitro benzene ring substituents is 1. The van der Waals surface area contributed by atoms with Crippen LogP contribution in [-0.2, 0) is 10.0 Å². The summed E-state index contributed by atoms with van der Waals surface area (Å²) >= 11 is 0. The smallest absolute Gasteiger partial charge is 0.258 e. The van der Waals surface area contributed by atoms with Crippen LogP contribution in [0.2, 0.25) is 0 Å². The first kappa shape index (κ1) is 16.8. The van der Waals surface area contributed by atoms with Gasteiger partial charge in [0.15, 0.2) is 0 Å². The summed E-state index contributed by atoms with van der Waals surface area (Å²) in [6.07, 6.45) is 0. The zero-order chi connectivity index (χ0) is 17.2. The minimum atomic E-state index is -4.55. The summed E-state index contributed by atoms with van der Waals surface area (Å²) in [4.78, 5) is 9.64. The number of hydrogen-bond acceptors (Lipinski definition) is 4. The van der Waals surface area contributed by atoms with Gasteiger partial charge in [0.25, 0.3) is 15.7 Å². The molecule has 0 saturated carbocycles. The van der Waals surface area contributed by atoms with Gasteiger partial charge in [0.1, 0.15) is 0 Å². The van der Waals surface area contributed by atoms with E-state index in [9.17, 15) is 27.3 Å². The Kier molecular flexibility index (Phi) is 4.60. The number of nitrogens with zero attached hydrogens (tertiary/aromatic N) is 2. The number of sulfonamides is 1. The van der Waals surface area contributed by atoms with Crippen molar-refractivity contribution in [3.8, 4) is 0 Å². The van der Waals surface area contributed by atoms with E-state index in [2.05, 4.69) is 0 Å². The third kappa shape index (κ3) is 3.45. The lowest BCUT2D eigenvalue weighted by atomic mass is 10.2. The maximum absolute atomic E-state index is 13.4. The first-order valence-electron chi connectivity index (χ1n) is 6.37. The predicted octanol–water partition coefficient (Wildman–Crippen LogP) is 3.32. The van der Waals surface area contributed by atoms with Crippen molar-refractivity contribution in [2.24, 2.45) is 0 Å². The van der Waals surface area contributed by atoms with Crippen LogP contribution in [0.5, 0.6) is 0 Å². The number of aryl methyl sites for hydroxylation is 1. The molecule has 23 heavy (non-hydrogen) atoms. The average Bonchev–Trinajstić information content (AvgIpc) is 2.47. The van der Waals surface area contributed by atoms with Crippen LogP contribution < -0.4 is 4.31 Å². The van der Waals surface area contributed by atoms with Crippen molar-refractivity contribution in [2.75, 3.05) is 4.31 Å². The minimum absolute atomic E-state index is 0.134. The Hall–Kier alpha value is -2.55. The molecule has 2 aromatic carbocycles. The van der Waals surface area contributed by atoms with Gasteiger partial charge in [0, 0.05) is 12.1 Å². The van der Waals surface area contributed by atoms with Gasteiger partial charge in [-0.1, -0.05) is 23.8 Å². The van der Waals surface area contributed by atoms with Gasteiger partial charge >= 0.3 is 6.55 Å². The monoisotopic (exact) mass is 342 g/mol. The van der Waals surface area contributed by atoms with Crippen molar-refractivity contribution < 1.29 is 22.1 Å². The van der Waals surface area contributed by atoms with Gasteiger partial charge in [-0.3, -0.25) is 10.1 Å². The number of nitro groups is 1. The number of benzene rings is 2. The number of alkyl halides is 2. The summed E-state index contributed by atoms with van der Waals surface area (Å²) < 4.78 is 51.5. The summed E-state index contributed by atoms with van der Waals surface area (Å²) in [7, 11) is -4.55. The van der Waals surface area contributed by atoms with E-state index in [1.807, 2.05) is 0 Å². The molecule has 0 aliphatic rings. The Labute approximate surface area is 131 Å². The van der Waals surface area contributed by atoms with Crippen molar-refractivity contribution in [2.45, 2.75) is 18.4 Å². The van der Waals surface area contributed by atoms with Crippen LogP contribution in [0.15, 0.2) is 53.4 Å². The minimum Gasteiger partial charge on any atom is -0.258 e. The van der Waals surface area contributed by atoms with E-state index in [0.717, 1.165) is 29.8 Å². The standard InChI is InChI=1S/C14H12F2N2O4S/c1-10-5-7-13(8-6-10)23(21,22)17(14(15)16)11-3-2-4-12(9-11)18(19)20/h2-9,14H,1H3. The van der Waals surface area contributed by atoms with E-state index in [1.165, 1.54) is 24.3 Å². The molecule has 122 valence electrons. The molecular formula is C14H12F2N2O4S. The maximum Gasteiger partial charge on any atom is 0.328 e. The highest BCUT2D eigenvalue weighted by molar-refractivity contribution is 7.92. The normalized spacial score (nSPS) is 11.5. The van der Waals surface area contributed by atoms with Crippen molar-refractivity contribution in [1.82, 2.24) is 0 Å². The van der Waals surface area contributed by atoms with Crippen LogP contribution in [0.4, 0.5) is 20.2 Å². The van der Waals surface area contributed by atoms with Gasteiger partial charge < -0.3 is 0 Å². The van der Waals surface area contributed by atoms with Gasteiger partial charge in [-0.2, -0.15) is 8.78 Å². The summed E-state index contributed by atoms with van der Waals surface area (Å²) in [5.41, 5.74) is -0.190. The van der Waals surface area contributed by atoms with Crippen molar-refractivity contribution in [3.05, 3.63) is 64.2 Å². The molecule has 0 radical (unpaired) electrons. The lowest BCUT2D eigenvalue weighted by molar-refractivity contribution is -0.384. The number of anilines is 1. The molecular weight excluding hydrogens is 330 g/mol. The molecule has 9 heteroatoms. The Bertz CT molecular complexity index is 823. The van der Waals surface area contributed by atoms with Crippen LogP contribution >= 0.6 is 0 Å². The van der Waals surface area contributed by atoms with Gasteiger partial charge in [-0.25, -0.2) is 12.7 Å². The lowest BCUT2D eigenvalue weighted by Crippen LogP contribution is -2.35. The third-order valence-electron chi connectivity index (χ3n) is 3.05. The Balaban J connectivity index is 2.56. The van der Waals surface area contributed by atoms with Crippen LogP contribution in [0, 0.1) is 17.0 Å². The van der Waals surface area contributed by atoms with E-state index >= 15 is 0 Å². The first-order chi connectivity index (χ1) is 10.7. The van der Waals surface area contributed by atoms with Gasteiger partial charge in [-0.15, -0.1) is 0 Å². The molecule has 0 aliphatic heterocycles. The molecule has 0 unspecified atom stereocenters. The topological polar surface area (TPSA) is 80.5 Å². The molecule has 0 atom stereocenters. The zero-order valence-corrected chi connectivity index (χ0v) is 12.7. The Morgan fingerprint density at radius 1 is 1.13 bits per heavy atom. The second-order valence-corrected chi connectivity index (χ2v) is 6.48. The largest absolute Gasteiger partial charge is 0.328 e. The molecule has 0 N–H and O–H groups in total. The van der Waals surface area contributed by atoms with Crippen LogP contribution in [-0.4, -0.2) is 19.9 Å². The fraction of sp³-hybridized carbons (Fsp3) is 0.143. The number of nitro benzene ring substituents is 1. The maximum atomic E-state index is 13.4. The molecule has 0 aromatic heterocycles. The molecule has 0 heterocycles. The number of rotatable bonds is 5. The molecule has 0 amide bonds. The third-order valence-corrected chi connectivity index (χ3v) is 4.81. The predicted molar refractivity (Wildman–Crippen MR) is 79.9 cm³/mol. The van der Waals surface area contributed by atoms with E-state index < -0.39 is 32.9 Å². The first-order valence-corrected chi connectivity index (χ1v) is 7.81. The van der Waals surface area contributed by atoms with E-state index in [1.54, 1.807) is 6.92 Å². The molecule has 0 aliphatic carbocycles. The summed E-state index contributed by atoms with van der Waals surface area (Å²) in [5, 5.41) is 10.8. The highest BCUT2D eigenvalue weighted by Gasteiger charge is 2.32. The van der Waals surface area contributed by atoms with Gasteiger partial charge in [0.05, 0.1) is 15.5 Å². The Morgan fingerprint density at radius 3 is 2.26 bits per heavy atom. The van der Waals surface area contributed by atoms with Gasteiger partial charge in [0.2, 0.25) is 0 Å². The molecule has 0 saturated heterocycles. The summed E-state index contributed by atoms with van der Waals surface area (Å²) in [6.45, 7) is -1.66.